The van der Waals surface area contributed by atoms with Crippen molar-refractivity contribution < 1.29 is 24.0 Å². The molecule has 25 heavy (non-hydrogen) atoms. The summed E-state index contributed by atoms with van der Waals surface area (Å²) in [5.74, 6) is -0.505. The minimum atomic E-state index is -0.388. The third-order valence-corrected chi connectivity index (χ3v) is 4.80. The average Bonchev–Trinajstić information content (AvgIpc) is 2.96. The third kappa shape index (κ3) is 4.26. The molecule has 2 fully saturated rings. The van der Waals surface area contributed by atoms with Crippen LogP contribution in [0.4, 0.5) is 14.9 Å². The lowest BCUT2D eigenvalue weighted by Gasteiger charge is -2.32. The van der Waals surface area contributed by atoms with Gasteiger partial charge in [0.15, 0.2) is 0 Å². The molecule has 3 amide bonds. The molecule has 8 heteroatoms. The molecule has 0 saturated carbocycles. The van der Waals surface area contributed by atoms with Gasteiger partial charge in [-0.1, -0.05) is 6.07 Å². The van der Waals surface area contributed by atoms with Crippen LogP contribution < -0.4 is 15.1 Å². The van der Waals surface area contributed by atoms with Crippen molar-refractivity contribution in [3.8, 4) is 0 Å². The van der Waals surface area contributed by atoms with Crippen molar-refractivity contribution in [1.82, 2.24) is 10.2 Å². The highest BCUT2D eigenvalue weighted by Gasteiger charge is 2.33. The topological polar surface area (TPSA) is 77.3 Å². The minimum Gasteiger partial charge on any atom is -0.391 e. The van der Waals surface area contributed by atoms with Gasteiger partial charge in [-0.15, -0.1) is 0 Å². The van der Waals surface area contributed by atoms with Crippen LogP contribution in [0, 0.1) is 5.82 Å². The van der Waals surface area contributed by atoms with Crippen LogP contribution in [0.5, 0.6) is 0 Å². The maximum atomic E-state index is 13.4. The maximum Gasteiger partial charge on any atom is 0.318 e. The van der Waals surface area contributed by atoms with Gasteiger partial charge in [-0.25, -0.2) is 9.18 Å². The van der Waals surface area contributed by atoms with Gasteiger partial charge in [0, 0.05) is 18.7 Å². The summed E-state index contributed by atoms with van der Waals surface area (Å²) in [4.78, 5) is 29.1. The quantitative estimate of drug-likeness (QED) is 0.640. The van der Waals surface area contributed by atoms with Crippen LogP contribution in [-0.4, -0.2) is 73.9 Å². The molecule has 0 spiro atoms. The number of piperazine rings is 1. The number of aliphatic hydroxyl groups is 1. The number of nitrogens with zero attached hydrogens (tertiary/aromatic N) is 2. The number of nitrogens with one attached hydrogen (secondary N) is 2. The summed E-state index contributed by atoms with van der Waals surface area (Å²) in [7, 11) is 0. The van der Waals surface area contributed by atoms with Gasteiger partial charge in [-0.2, -0.15) is 0 Å². The van der Waals surface area contributed by atoms with E-state index in [1.807, 2.05) is 0 Å². The molecule has 136 valence electrons. The van der Waals surface area contributed by atoms with Crippen LogP contribution in [0.3, 0.4) is 0 Å². The van der Waals surface area contributed by atoms with Gasteiger partial charge in [0.2, 0.25) is 5.91 Å². The zero-order valence-corrected chi connectivity index (χ0v) is 14.1. The summed E-state index contributed by atoms with van der Waals surface area (Å²) < 4.78 is 13.4. The first-order chi connectivity index (χ1) is 12.1. The molecule has 0 aliphatic carbocycles. The predicted molar refractivity (Wildman–Crippen MR) is 89.9 cm³/mol. The van der Waals surface area contributed by atoms with E-state index in [-0.39, 0.29) is 36.8 Å². The summed E-state index contributed by atoms with van der Waals surface area (Å²) in [6.07, 6.45) is 0.220. The Hall–Kier alpha value is -2.19. The number of hydrogen-bond donors (Lipinski definition) is 3. The van der Waals surface area contributed by atoms with E-state index in [1.165, 1.54) is 21.9 Å². The second kappa shape index (κ2) is 7.79. The molecule has 0 aromatic heterocycles. The predicted octanol–water partition coefficient (Wildman–Crippen LogP) is -1.17. The number of carbonyl (C=O) groups excluding carboxylic acids is 2. The summed E-state index contributed by atoms with van der Waals surface area (Å²) >= 11 is 0. The lowest BCUT2D eigenvalue weighted by Crippen LogP contribution is -3.15. The number of urea groups is 1. The Balaban J connectivity index is 1.52. The second-order valence-electron chi connectivity index (χ2n) is 6.55. The van der Waals surface area contributed by atoms with Crippen molar-refractivity contribution in [2.75, 3.05) is 50.8 Å². The van der Waals surface area contributed by atoms with Crippen molar-refractivity contribution in [3.63, 3.8) is 0 Å². The molecule has 0 bridgehead atoms. The number of carbonyl (C=O) groups is 2. The number of benzene rings is 1. The Morgan fingerprint density at radius 3 is 2.80 bits per heavy atom. The van der Waals surface area contributed by atoms with E-state index < -0.39 is 0 Å². The van der Waals surface area contributed by atoms with Crippen LogP contribution in [0.1, 0.15) is 6.42 Å². The molecule has 2 heterocycles. The first kappa shape index (κ1) is 17.6. The SMILES string of the molecule is O=C(N[C@@H]1CC(=O)N(c2cccc(F)c2)C1)N1CC[NH+](CCO)CC1. The summed E-state index contributed by atoms with van der Waals surface area (Å²) in [6, 6.07) is 5.48. The van der Waals surface area contributed by atoms with E-state index in [2.05, 4.69) is 5.32 Å². The number of aliphatic hydroxyl groups excluding tert-OH is 1. The fraction of sp³-hybridized carbons (Fsp3) is 0.529. The van der Waals surface area contributed by atoms with Gasteiger partial charge >= 0.3 is 6.03 Å². The molecule has 3 N–H and O–H groups in total. The van der Waals surface area contributed by atoms with E-state index in [4.69, 9.17) is 5.11 Å². The maximum absolute atomic E-state index is 13.4. The number of anilines is 1. The van der Waals surface area contributed by atoms with Crippen molar-refractivity contribution in [2.45, 2.75) is 12.5 Å². The molecular formula is C17H24FN4O3+. The van der Waals surface area contributed by atoms with Gasteiger partial charge in [-0.3, -0.25) is 4.79 Å². The van der Waals surface area contributed by atoms with Gasteiger partial charge in [0.05, 0.1) is 38.8 Å². The smallest absolute Gasteiger partial charge is 0.318 e. The van der Waals surface area contributed by atoms with Gasteiger partial charge in [-0.05, 0) is 18.2 Å². The molecule has 0 unspecified atom stereocenters. The van der Waals surface area contributed by atoms with Crippen molar-refractivity contribution in [3.05, 3.63) is 30.1 Å². The van der Waals surface area contributed by atoms with E-state index in [0.717, 1.165) is 13.1 Å². The molecular weight excluding hydrogens is 327 g/mol. The molecule has 7 nitrogen and oxygen atoms in total. The molecule has 1 atom stereocenters. The first-order valence-electron chi connectivity index (χ1n) is 8.62. The Morgan fingerprint density at radius 2 is 2.12 bits per heavy atom. The molecule has 0 radical (unpaired) electrons. The number of hydrogen-bond acceptors (Lipinski definition) is 3. The van der Waals surface area contributed by atoms with Gasteiger partial charge in [0.25, 0.3) is 0 Å². The zero-order chi connectivity index (χ0) is 17.8. The van der Waals surface area contributed by atoms with E-state index in [9.17, 15) is 14.0 Å². The largest absolute Gasteiger partial charge is 0.391 e. The number of amides is 3. The Bertz CT molecular complexity index is 634. The Kier molecular flexibility index (Phi) is 5.50. The highest BCUT2D eigenvalue weighted by molar-refractivity contribution is 5.96. The lowest BCUT2D eigenvalue weighted by atomic mass is 10.2. The summed E-state index contributed by atoms with van der Waals surface area (Å²) in [5, 5.41) is 11.9. The fourth-order valence-corrected chi connectivity index (χ4v) is 3.40. The highest BCUT2D eigenvalue weighted by atomic mass is 19.1. The van der Waals surface area contributed by atoms with Crippen LogP contribution in [0.15, 0.2) is 24.3 Å². The standard InChI is InChI=1S/C17H23FN4O3/c18-13-2-1-3-15(10-13)22-12-14(11-16(22)24)19-17(25)21-6-4-20(5-7-21)8-9-23/h1-3,10,14,23H,4-9,11-12H2,(H,19,25)/p+1/t14-/m1/s1. The van der Waals surface area contributed by atoms with Crippen LogP contribution in [0.2, 0.25) is 0 Å². The van der Waals surface area contributed by atoms with Crippen LogP contribution in [0.25, 0.3) is 0 Å². The van der Waals surface area contributed by atoms with Crippen molar-refractivity contribution in [2.24, 2.45) is 0 Å². The molecule has 3 rings (SSSR count). The molecule has 2 aliphatic rings. The number of quaternary nitrogens is 1. The van der Waals surface area contributed by atoms with Gasteiger partial charge < -0.3 is 25.1 Å². The fourth-order valence-electron chi connectivity index (χ4n) is 3.40. The monoisotopic (exact) mass is 351 g/mol. The first-order valence-corrected chi connectivity index (χ1v) is 8.62. The lowest BCUT2D eigenvalue weighted by molar-refractivity contribution is -0.904. The molecule has 1 aromatic carbocycles. The normalized spacial score (nSPS) is 21.7. The second-order valence-corrected chi connectivity index (χ2v) is 6.55. The Labute approximate surface area is 146 Å². The minimum absolute atomic E-state index is 0.117. The van der Waals surface area contributed by atoms with Crippen LogP contribution >= 0.6 is 0 Å². The van der Waals surface area contributed by atoms with Crippen molar-refractivity contribution in [1.29, 1.82) is 0 Å². The summed E-state index contributed by atoms with van der Waals surface area (Å²) in [6.45, 7) is 4.10. The van der Waals surface area contributed by atoms with Crippen molar-refractivity contribution >= 4 is 17.6 Å². The highest BCUT2D eigenvalue weighted by Crippen LogP contribution is 2.22. The van der Waals surface area contributed by atoms with Crippen LogP contribution in [-0.2, 0) is 4.79 Å². The summed E-state index contributed by atoms with van der Waals surface area (Å²) in [5.41, 5.74) is 0.517. The Morgan fingerprint density at radius 1 is 1.36 bits per heavy atom. The molecule has 2 aliphatic heterocycles. The van der Waals surface area contributed by atoms with E-state index in [1.54, 1.807) is 17.0 Å². The molecule has 1 aromatic rings. The third-order valence-electron chi connectivity index (χ3n) is 4.80. The number of rotatable bonds is 4. The van der Waals surface area contributed by atoms with E-state index >= 15 is 0 Å². The van der Waals surface area contributed by atoms with E-state index in [0.29, 0.717) is 31.9 Å². The zero-order valence-electron chi connectivity index (χ0n) is 14.1. The molecule has 2 saturated heterocycles. The number of halogens is 1. The van der Waals surface area contributed by atoms with Gasteiger partial charge in [0.1, 0.15) is 12.4 Å². The average molecular weight is 351 g/mol.